The third-order valence-corrected chi connectivity index (χ3v) is 3.00. The summed E-state index contributed by atoms with van der Waals surface area (Å²) in [5, 5.41) is 14.1. The number of nitrogens with zero attached hydrogens (tertiary/aromatic N) is 1. The highest BCUT2D eigenvalue weighted by molar-refractivity contribution is 5.49. The van der Waals surface area contributed by atoms with Crippen LogP contribution in [0.15, 0.2) is 12.1 Å². The Morgan fingerprint density at radius 1 is 1.41 bits per heavy atom. The monoisotopic (exact) mass is 236 g/mol. The largest absolute Gasteiger partial charge is 0.489 e. The molecule has 17 heavy (non-hydrogen) atoms. The van der Waals surface area contributed by atoms with E-state index in [1.165, 1.54) is 6.07 Å². The lowest BCUT2D eigenvalue weighted by atomic mass is 10.1. The third-order valence-electron chi connectivity index (χ3n) is 3.00. The van der Waals surface area contributed by atoms with Gasteiger partial charge in [-0.2, -0.15) is 0 Å². The molecule has 1 atom stereocenters. The lowest BCUT2D eigenvalue weighted by Gasteiger charge is -2.15. The summed E-state index contributed by atoms with van der Waals surface area (Å²) >= 11 is 0. The first-order chi connectivity index (χ1) is 8.08. The second-order valence-corrected chi connectivity index (χ2v) is 4.39. The van der Waals surface area contributed by atoms with Crippen LogP contribution in [0.4, 0.5) is 5.69 Å². The van der Waals surface area contributed by atoms with Gasteiger partial charge in [-0.1, -0.05) is 0 Å². The molecule has 1 fully saturated rings. The molecule has 0 amide bonds. The molecule has 5 nitrogen and oxygen atoms in total. The van der Waals surface area contributed by atoms with Gasteiger partial charge in [0.05, 0.1) is 11.0 Å². The van der Waals surface area contributed by atoms with Gasteiger partial charge in [0.1, 0.15) is 11.9 Å². The van der Waals surface area contributed by atoms with Crippen LogP contribution in [0.1, 0.15) is 17.5 Å². The average molecular weight is 236 g/mol. The molecule has 0 spiro atoms. The van der Waals surface area contributed by atoms with E-state index in [0.29, 0.717) is 11.3 Å². The molecule has 1 heterocycles. The van der Waals surface area contributed by atoms with E-state index in [2.05, 4.69) is 5.32 Å². The van der Waals surface area contributed by atoms with Gasteiger partial charge in [-0.15, -0.1) is 0 Å². The summed E-state index contributed by atoms with van der Waals surface area (Å²) in [6.07, 6.45) is 1.07. The van der Waals surface area contributed by atoms with Crippen molar-refractivity contribution in [2.45, 2.75) is 26.4 Å². The number of nitrogens with one attached hydrogen (secondary N) is 1. The smallest absolute Gasteiger partial charge is 0.276 e. The number of nitro groups is 1. The van der Waals surface area contributed by atoms with Crippen LogP contribution in [-0.2, 0) is 0 Å². The Morgan fingerprint density at radius 2 is 2.18 bits per heavy atom. The van der Waals surface area contributed by atoms with E-state index in [9.17, 15) is 10.1 Å². The summed E-state index contributed by atoms with van der Waals surface area (Å²) in [6.45, 7) is 5.40. The summed E-state index contributed by atoms with van der Waals surface area (Å²) in [4.78, 5) is 10.5. The van der Waals surface area contributed by atoms with Crippen molar-refractivity contribution in [1.82, 2.24) is 5.32 Å². The fourth-order valence-electron chi connectivity index (χ4n) is 2.05. The van der Waals surface area contributed by atoms with E-state index in [4.69, 9.17) is 4.74 Å². The molecule has 0 aromatic heterocycles. The van der Waals surface area contributed by atoms with Gasteiger partial charge in [-0.25, -0.2) is 0 Å². The van der Waals surface area contributed by atoms with Gasteiger partial charge in [0.2, 0.25) is 0 Å². The number of hydrogen-bond acceptors (Lipinski definition) is 4. The number of nitro benzene ring substituents is 1. The van der Waals surface area contributed by atoms with Crippen molar-refractivity contribution in [3.63, 3.8) is 0 Å². The first kappa shape index (κ1) is 11.9. The summed E-state index contributed by atoms with van der Waals surface area (Å²) in [5.74, 6) is 0.621. The molecule has 0 aliphatic carbocycles. The minimum atomic E-state index is -0.367. The van der Waals surface area contributed by atoms with Crippen molar-refractivity contribution in [2.75, 3.05) is 13.1 Å². The Bertz CT molecular complexity index is 440. The van der Waals surface area contributed by atoms with Gasteiger partial charge >= 0.3 is 0 Å². The minimum absolute atomic E-state index is 0.121. The molecular formula is C12H16N2O3. The number of rotatable bonds is 3. The first-order valence-electron chi connectivity index (χ1n) is 5.71. The Labute approximate surface area is 99.9 Å². The van der Waals surface area contributed by atoms with Crippen molar-refractivity contribution in [3.8, 4) is 5.75 Å². The normalized spacial score (nSPS) is 19.3. The van der Waals surface area contributed by atoms with Crippen LogP contribution >= 0.6 is 0 Å². The maximum atomic E-state index is 10.9. The molecule has 1 N–H and O–H groups in total. The van der Waals surface area contributed by atoms with Gasteiger partial charge in [-0.05, 0) is 38.4 Å². The second kappa shape index (κ2) is 4.71. The van der Waals surface area contributed by atoms with Crippen LogP contribution in [0.3, 0.4) is 0 Å². The van der Waals surface area contributed by atoms with Gasteiger partial charge < -0.3 is 10.1 Å². The first-order valence-corrected chi connectivity index (χ1v) is 5.71. The Morgan fingerprint density at radius 3 is 2.76 bits per heavy atom. The molecule has 0 bridgehead atoms. The van der Waals surface area contributed by atoms with E-state index in [1.54, 1.807) is 13.0 Å². The van der Waals surface area contributed by atoms with E-state index < -0.39 is 0 Å². The fraction of sp³-hybridized carbons (Fsp3) is 0.500. The van der Waals surface area contributed by atoms with E-state index in [0.717, 1.165) is 25.1 Å². The topological polar surface area (TPSA) is 64.4 Å². The van der Waals surface area contributed by atoms with Crippen LogP contribution in [0.5, 0.6) is 5.75 Å². The standard InChI is InChI=1S/C12H16N2O3/c1-8-5-9(2)12(6-11(8)14(15)16)17-10-3-4-13-7-10/h5-6,10,13H,3-4,7H2,1-2H3/t10-/m1/s1. The summed E-state index contributed by atoms with van der Waals surface area (Å²) in [5.41, 5.74) is 1.74. The zero-order chi connectivity index (χ0) is 12.4. The van der Waals surface area contributed by atoms with Gasteiger partial charge in [-0.3, -0.25) is 10.1 Å². The molecule has 1 aliphatic heterocycles. The maximum absolute atomic E-state index is 10.9. The van der Waals surface area contributed by atoms with Crippen molar-refractivity contribution in [1.29, 1.82) is 0 Å². The van der Waals surface area contributed by atoms with Crippen LogP contribution in [0, 0.1) is 24.0 Å². The van der Waals surface area contributed by atoms with Gasteiger partial charge in [0.15, 0.2) is 0 Å². The van der Waals surface area contributed by atoms with E-state index in [-0.39, 0.29) is 16.7 Å². The molecule has 1 aromatic carbocycles. The predicted molar refractivity (Wildman–Crippen MR) is 64.5 cm³/mol. The van der Waals surface area contributed by atoms with Crippen molar-refractivity contribution in [3.05, 3.63) is 33.4 Å². The number of benzene rings is 1. The molecule has 5 heteroatoms. The van der Waals surface area contributed by atoms with Crippen LogP contribution in [-0.4, -0.2) is 24.1 Å². The number of aryl methyl sites for hydroxylation is 2. The third kappa shape index (κ3) is 2.55. The molecule has 2 rings (SSSR count). The number of ether oxygens (including phenoxy) is 1. The summed E-state index contributed by atoms with van der Waals surface area (Å²) in [6, 6.07) is 3.33. The molecule has 1 aromatic rings. The summed E-state index contributed by atoms with van der Waals surface area (Å²) in [7, 11) is 0. The molecule has 0 radical (unpaired) electrons. The molecule has 1 aliphatic rings. The summed E-state index contributed by atoms with van der Waals surface area (Å²) < 4.78 is 5.78. The zero-order valence-corrected chi connectivity index (χ0v) is 10.0. The minimum Gasteiger partial charge on any atom is -0.489 e. The Balaban J connectivity index is 2.26. The van der Waals surface area contributed by atoms with Crippen LogP contribution in [0.2, 0.25) is 0 Å². The average Bonchev–Trinajstić information content (AvgIpc) is 2.74. The van der Waals surface area contributed by atoms with Crippen molar-refractivity contribution in [2.24, 2.45) is 0 Å². The van der Waals surface area contributed by atoms with Gasteiger partial charge in [0.25, 0.3) is 5.69 Å². The quantitative estimate of drug-likeness (QED) is 0.643. The van der Waals surface area contributed by atoms with Crippen LogP contribution in [0.25, 0.3) is 0 Å². The molecule has 1 saturated heterocycles. The highest BCUT2D eigenvalue weighted by Crippen LogP contribution is 2.29. The highest BCUT2D eigenvalue weighted by atomic mass is 16.6. The fourth-order valence-corrected chi connectivity index (χ4v) is 2.05. The molecule has 92 valence electrons. The van der Waals surface area contributed by atoms with E-state index in [1.807, 2.05) is 6.92 Å². The second-order valence-electron chi connectivity index (χ2n) is 4.39. The van der Waals surface area contributed by atoms with E-state index >= 15 is 0 Å². The maximum Gasteiger partial charge on any atom is 0.276 e. The van der Waals surface area contributed by atoms with Gasteiger partial charge in [0, 0.05) is 12.1 Å². The lowest BCUT2D eigenvalue weighted by molar-refractivity contribution is -0.385. The number of hydrogen-bond donors (Lipinski definition) is 1. The Kier molecular flexibility index (Phi) is 3.28. The molecule has 0 saturated carbocycles. The molecular weight excluding hydrogens is 220 g/mol. The van der Waals surface area contributed by atoms with Crippen molar-refractivity contribution >= 4 is 5.69 Å². The predicted octanol–water partition coefficient (Wildman–Crippen LogP) is 1.95. The SMILES string of the molecule is Cc1cc(C)c([N+](=O)[O-])cc1O[C@@H]1CCNC1. The molecule has 0 unspecified atom stereocenters. The zero-order valence-electron chi connectivity index (χ0n) is 10.0. The van der Waals surface area contributed by atoms with Crippen molar-refractivity contribution < 1.29 is 9.66 Å². The Hall–Kier alpha value is -1.62. The van der Waals surface area contributed by atoms with Crippen LogP contribution < -0.4 is 10.1 Å². The highest BCUT2D eigenvalue weighted by Gasteiger charge is 2.20. The lowest BCUT2D eigenvalue weighted by Crippen LogP contribution is -2.20.